The molecule has 50 heavy (non-hydrogen) atoms. The maximum absolute atomic E-state index is 14.3. The van der Waals surface area contributed by atoms with Crippen LogP contribution in [0.1, 0.15) is 79.2 Å². The summed E-state index contributed by atoms with van der Waals surface area (Å²) in [6.07, 6.45) is 3.61. The van der Waals surface area contributed by atoms with E-state index in [1.807, 2.05) is 64.4 Å². The lowest BCUT2D eigenvalue weighted by Gasteiger charge is -2.35. The maximum atomic E-state index is 14.3. The minimum Gasteiger partial charge on any atom is -0.488 e. The number of ketones is 1. The Balaban J connectivity index is 1.45. The zero-order valence-electron chi connectivity index (χ0n) is 29.4. The highest BCUT2D eigenvalue weighted by Crippen LogP contribution is 2.45. The molecule has 1 aliphatic heterocycles. The molecule has 2 aromatic heterocycles. The number of aryl methyl sites for hydroxylation is 3. The van der Waals surface area contributed by atoms with Gasteiger partial charge in [0, 0.05) is 43.2 Å². The summed E-state index contributed by atoms with van der Waals surface area (Å²) < 4.78 is 37.6. The SMILES string of the molecule is CC[C@@H]1CN(Cc2cc([C@@H](c3ccc4c(nnn4CC)c3C)C(C)(C)C(=O)Cc3cnc(CO)nc3)ccc2C)S(=O)(=O)c2ccccc2O1. The molecule has 0 amide bonds. The third-order valence-corrected chi connectivity index (χ3v) is 11.8. The van der Waals surface area contributed by atoms with Gasteiger partial charge in [0.1, 0.15) is 34.7 Å². The Bertz CT molecular complexity index is 2150. The van der Waals surface area contributed by atoms with Crippen LogP contribution in [0.5, 0.6) is 5.75 Å². The first-order chi connectivity index (χ1) is 23.9. The van der Waals surface area contributed by atoms with Gasteiger partial charge in [-0.25, -0.2) is 23.1 Å². The summed E-state index contributed by atoms with van der Waals surface area (Å²) in [5, 5.41) is 18.3. The molecule has 2 atom stereocenters. The number of aliphatic hydroxyl groups excluding tert-OH is 1. The molecule has 0 radical (unpaired) electrons. The first-order valence-corrected chi connectivity index (χ1v) is 18.4. The van der Waals surface area contributed by atoms with Gasteiger partial charge in [-0.1, -0.05) is 62.4 Å². The van der Waals surface area contributed by atoms with Gasteiger partial charge in [0.05, 0.1) is 12.1 Å². The standard InChI is InChI=1S/C38H44N6O5S/c1-7-29-22-43(50(47,48)33-12-10-9-11-32(33)49-29)21-28-18-27(14-13-24(28)3)36(30-15-16-31-37(25(30)4)41-42-44(31)8-2)38(5,6)34(46)17-26-19-39-35(23-45)40-20-26/h9-16,18-20,29,36,45H,7-8,17,21-23H2,1-6H3/t29-,36+/m1/s1. The number of hydrogen-bond donors (Lipinski definition) is 1. The second kappa shape index (κ2) is 14.0. The van der Waals surface area contributed by atoms with Crippen LogP contribution in [0.25, 0.3) is 11.0 Å². The van der Waals surface area contributed by atoms with Gasteiger partial charge >= 0.3 is 0 Å². The number of hydrogen-bond acceptors (Lipinski definition) is 9. The molecular weight excluding hydrogens is 653 g/mol. The smallest absolute Gasteiger partial charge is 0.247 e. The number of aliphatic hydroxyl groups is 1. The molecule has 0 bridgehead atoms. The number of nitrogens with zero attached hydrogens (tertiary/aromatic N) is 6. The summed E-state index contributed by atoms with van der Waals surface area (Å²) in [6.45, 7) is 12.7. The van der Waals surface area contributed by atoms with Crippen LogP contribution in [0.3, 0.4) is 0 Å². The van der Waals surface area contributed by atoms with Crippen molar-refractivity contribution < 1.29 is 23.1 Å². The highest BCUT2D eigenvalue weighted by Gasteiger charge is 2.40. The quantitative estimate of drug-likeness (QED) is 0.185. The number of aromatic nitrogens is 5. The lowest BCUT2D eigenvalue weighted by molar-refractivity contribution is -0.127. The van der Waals surface area contributed by atoms with Crippen molar-refractivity contribution in [3.05, 3.63) is 106 Å². The van der Waals surface area contributed by atoms with Crippen LogP contribution < -0.4 is 4.74 Å². The number of para-hydroxylation sites is 1. The number of fused-ring (bicyclic) bond motifs is 2. The molecule has 0 saturated heterocycles. The Labute approximate surface area is 293 Å². The third-order valence-electron chi connectivity index (χ3n) is 9.97. The Hall–Kier alpha value is -4.52. The molecule has 0 aliphatic carbocycles. The molecule has 1 N–H and O–H groups in total. The average Bonchev–Trinajstić information content (AvgIpc) is 3.50. The van der Waals surface area contributed by atoms with Crippen molar-refractivity contribution in [2.75, 3.05) is 6.54 Å². The van der Waals surface area contributed by atoms with Crippen LogP contribution in [-0.2, 0) is 40.9 Å². The van der Waals surface area contributed by atoms with E-state index in [2.05, 4.69) is 32.4 Å². The topological polar surface area (TPSA) is 140 Å². The van der Waals surface area contributed by atoms with Crippen LogP contribution in [0.4, 0.5) is 0 Å². The average molecular weight is 697 g/mol. The molecule has 0 spiro atoms. The van der Waals surface area contributed by atoms with E-state index in [0.29, 0.717) is 30.1 Å². The zero-order valence-corrected chi connectivity index (χ0v) is 30.2. The molecule has 0 unspecified atom stereocenters. The number of ether oxygens (including phenoxy) is 1. The molecular formula is C38H44N6O5S. The van der Waals surface area contributed by atoms with Crippen molar-refractivity contribution in [2.45, 2.75) is 91.0 Å². The number of benzene rings is 3. The molecule has 262 valence electrons. The highest BCUT2D eigenvalue weighted by molar-refractivity contribution is 7.89. The van der Waals surface area contributed by atoms with Gasteiger partial charge in [0.2, 0.25) is 10.0 Å². The first kappa shape index (κ1) is 35.3. The highest BCUT2D eigenvalue weighted by atomic mass is 32.2. The second-order valence-electron chi connectivity index (χ2n) is 13.6. The fourth-order valence-electron chi connectivity index (χ4n) is 6.88. The maximum Gasteiger partial charge on any atom is 0.247 e. The predicted octanol–water partition coefficient (Wildman–Crippen LogP) is 5.68. The van der Waals surface area contributed by atoms with E-state index in [1.54, 1.807) is 36.7 Å². The first-order valence-electron chi connectivity index (χ1n) is 17.0. The van der Waals surface area contributed by atoms with E-state index in [9.17, 15) is 18.3 Å². The fourth-order valence-corrected chi connectivity index (χ4v) is 8.45. The molecule has 0 saturated carbocycles. The van der Waals surface area contributed by atoms with Crippen molar-refractivity contribution in [3.63, 3.8) is 0 Å². The fraction of sp³-hybridized carbons (Fsp3) is 0.395. The molecule has 11 nitrogen and oxygen atoms in total. The molecule has 3 aromatic carbocycles. The van der Waals surface area contributed by atoms with Gasteiger partial charge in [0.25, 0.3) is 0 Å². The monoisotopic (exact) mass is 696 g/mol. The van der Waals surface area contributed by atoms with Crippen LogP contribution in [0.15, 0.2) is 71.9 Å². The predicted molar refractivity (Wildman–Crippen MR) is 190 cm³/mol. The number of sulfonamides is 1. The normalized spacial score (nSPS) is 16.8. The minimum atomic E-state index is -3.87. The van der Waals surface area contributed by atoms with Crippen LogP contribution in [-0.4, -0.2) is 61.2 Å². The van der Waals surface area contributed by atoms with Gasteiger partial charge in [-0.3, -0.25) is 4.79 Å². The Morgan fingerprint density at radius 2 is 1.80 bits per heavy atom. The lowest BCUT2D eigenvalue weighted by atomic mass is 9.66. The largest absolute Gasteiger partial charge is 0.488 e. The van der Waals surface area contributed by atoms with E-state index >= 15 is 0 Å². The van der Waals surface area contributed by atoms with E-state index in [0.717, 1.165) is 38.9 Å². The molecule has 0 fully saturated rings. The van der Waals surface area contributed by atoms with Crippen molar-refractivity contribution in [3.8, 4) is 5.75 Å². The van der Waals surface area contributed by atoms with Crippen LogP contribution >= 0.6 is 0 Å². The van der Waals surface area contributed by atoms with Crippen LogP contribution in [0, 0.1) is 19.3 Å². The molecule has 3 heterocycles. The minimum absolute atomic E-state index is 0.0173. The Morgan fingerprint density at radius 3 is 2.50 bits per heavy atom. The van der Waals surface area contributed by atoms with E-state index < -0.39 is 21.4 Å². The summed E-state index contributed by atoms with van der Waals surface area (Å²) in [6, 6.07) is 17.0. The number of Topliss-reactive ketones (excluding diaryl/α,β-unsaturated/α-hetero) is 1. The summed E-state index contributed by atoms with van der Waals surface area (Å²) in [5.41, 5.74) is 5.96. The zero-order chi connectivity index (χ0) is 35.8. The van der Waals surface area contributed by atoms with E-state index in [4.69, 9.17) is 4.74 Å². The van der Waals surface area contributed by atoms with E-state index in [1.165, 1.54) is 4.31 Å². The molecule has 5 aromatic rings. The van der Waals surface area contributed by atoms with Crippen molar-refractivity contribution in [2.24, 2.45) is 5.41 Å². The number of rotatable bonds is 11. The Morgan fingerprint density at radius 1 is 1.06 bits per heavy atom. The summed E-state index contributed by atoms with van der Waals surface area (Å²) in [7, 11) is -3.87. The Kier molecular flexibility index (Phi) is 9.89. The van der Waals surface area contributed by atoms with Gasteiger partial charge in [-0.15, -0.1) is 5.10 Å². The number of carbonyl (C=O) groups is 1. The van der Waals surface area contributed by atoms with Crippen LogP contribution in [0.2, 0.25) is 0 Å². The van der Waals surface area contributed by atoms with E-state index in [-0.39, 0.29) is 42.9 Å². The summed E-state index contributed by atoms with van der Waals surface area (Å²) >= 11 is 0. The molecule has 12 heteroatoms. The van der Waals surface area contributed by atoms with Crippen molar-refractivity contribution in [1.29, 1.82) is 0 Å². The summed E-state index contributed by atoms with van der Waals surface area (Å²) in [5.74, 6) is 0.226. The third kappa shape index (κ3) is 6.55. The number of carbonyl (C=O) groups excluding carboxylic acids is 1. The lowest BCUT2D eigenvalue weighted by Crippen LogP contribution is -2.37. The van der Waals surface area contributed by atoms with Gasteiger partial charge < -0.3 is 9.84 Å². The van der Waals surface area contributed by atoms with Crippen molar-refractivity contribution >= 4 is 26.8 Å². The van der Waals surface area contributed by atoms with Gasteiger partial charge in [-0.05, 0) is 78.8 Å². The molecule has 6 rings (SSSR count). The van der Waals surface area contributed by atoms with Gasteiger partial charge in [0.15, 0.2) is 5.82 Å². The second-order valence-corrected chi connectivity index (χ2v) is 15.5. The van der Waals surface area contributed by atoms with Crippen molar-refractivity contribution in [1.82, 2.24) is 29.3 Å². The van der Waals surface area contributed by atoms with Gasteiger partial charge in [-0.2, -0.15) is 4.31 Å². The molecule has 1 aliphatic rings. The summed E-state index contributed by atoms with van der Waals surface area (Å²) in [4.78, 5) is 22.9.